The number of rotatable bonds is 1. The molecule has 0 saturated carbocycles. The van der Waals surface area contributed by atoms with Gasteiger partial charge in [-0.25, -0.2) is 9.97 Å². The van der Waals surface area contributed by atoms with Crippen LogP contribution in [-0.4, -0.2) is 27.2 Å². The molecule has 0 aliphatic carbocycles. The van der Waals surface area contributed by atoms with E-state index in [0.29, 0.717) is 0 Å². The maximum Gasteiger partial charge on any atom is 0.116 e. The third-order valence-corrected chi connectivity index (χ3v) is 1.98. The number of nitrogens with zero attached hydrogens (tertiary/aromatic N) is 4. The zero-order valence-electron chi connectivity index (χ0n) is 6.81. The summed E-state index contributed by atoms with van der Waals surface area (Å²) in [6, 6.07) is 3.80. The highest BCUT2D eigenvalue weighted by Crippen LogP contribution is 2.16. The molecule has 0 aromatic carbocycles. The lowest BCUT2D eigenvalue weighted by atomic mass is 10.2. The fourth-order valence-electron chi connectivity index (χ4n) is 1.29. The Morgan fingerprint density at radius 2 is 2.08 bits per heavy atom. The number of aromatic nitrogens is 3. The van der Waals surface area contributed by atoms with Crippen LogP contribution in [0.3, 0.4) is 0 Å². The van der Waals surface area contributed by atoms with Crippen LogP contribution in [0.15, 0.2) is 29.6 Å². The molecule has 3 heterocycles. The zero-order valence-corrected chi connectivity index (χ0v) is 6.81. The van der Waals surface area contributed by atoms with E-state index in [0.717, 1.165) is 29.0 Å². The summed E-state index contributed by atoms with van der Waals surface area (Å²) in [6.07, 6.45) is 3.30. The third kappa shape index (κ3) is 0.989. The van der Waals surface area contributed by atoms with Gasteiger partial charge in [0.05, 0.1) is 17.8 Å². The largest absolute Gasteiger partial charge is 0.279 e. The van der Waals surface area contributed by atoms with Gasteiger partial charge in [0.1, 0.15) is 17.5 Å². The molecule has 1 aliphatic rings. The second-order valence-corrected chi connectivity index (χ2v) is 2.86. The van der Waals surface area contributed by atoms with Crippen molar-refractivity contribution in [2.45, 2.75) is 0 Å². The summed E-state index contributed by atoms with van der Waals surface area (Å²) >= 11 is 0. The molecule has 0 saturated heterocycles. The van der Waals surface area contributed by atoms with Crippen molar-refractivity contribution in [1.29, 1.82) is 0 Å². The fourth-order valence-corrected chi connectivity index (χ4v) is 1.29. The van der Waals surface area contributed by atoms with Crippen molar-refractivity contribution in [3.8, 4) is 0 Å². The second-order valence-electron chi connectivity index (χ2n) is 2.86. The molecule has 4 heteroatoms. The topological polar surface area (TPSA) is 51.0 Å². The lowest BCUT2D eigenvalue weighted by Gasteiger charge is -1.97. The average molecular weight is 170 g/mol. The van der Waals surface area contributed by atoms with E-state index in [2.05, 4.69) is 19.9 Å². The molecule has 0 amide bonds. The van der Waals surface area contributed by atoms with Gasteiger partial charge in [0.25, 0.3) is 0 Å². The predicted molar refractivity (Wildman–Crippen MR) is 48.7 cm³/mol. The van der Waals surface area contributed by atoms with E-state index >= 15 is 0 Å². The van der Waals surface area contributed by atoms with Crippen LogP contribution in [0.2, 0.25) is 0 Å². The maximum atomic E-state index is 4.24. The number of pyridine rings is 1. The molecule has 0 bridgehead atoms. The van der Waals surface area contributed by atoms with E-state index in [4.69, 9.17) is 0 Å². The van der Waals surface area contributed by atoms with Gasteiger partial charge < -0.3 is 0 Å². The first-order chi connectivity index (χ1) is 6.45. The summed E-state index contributed by atoms with van der Waals surface area (Å²) in [5, 5.41) is 0. The molecule has 0 fully saturated rings. The Morgan fingerprint density at radius 1 is 1.15 bits per heavy atom. The number of hydrogen-bond donors (Lipinski definition) is 0. The average Bonchev–Trinajstić information content (AvgIpc) is 3.00. The monoisotopic (exact) mass is 170 g/mol. The minimum absolute atomic E-state index is 0.794. The Labute approximate surface area is 74.4 Å². The highest BCUT2D eigenvalue weighted by molar-refractivity contribution is 6.14. The Hall–Kier alpha value is -1.84. The predicted octanol–water partition coefficient (Wildman–Crippen LogP) is 0.827. The van der Waals surface area contributed by atoms with Gasteiger partial charge in [-0.15, -0.1) is 0 Å². The molecule has 0 spiro atoms. The highest BCUT2D eigenvalue weighted by atomic mass is 15.0. The summed E-state index contributed by atoms with van der Waals surface area (Å²) in [6.45, 7) is 0.794. The Kier molecular flexibility index (Phi) is 1.19. The van der Waals surface area contributed by atoms with Crippen molar-refractivity contribution in [3.05, 3.63) is 30.4 Å². The van der Waals surface area contributed by atoms with Crippen molar-refractivity contribution in [2.24, 2.45) is 4.99 Å². The van der Waals surface area contributed by atoms with Crippen LogP contribution in [0.5, 0.6) is 0 Å². The summed E-state index contributed by atoms with van der Waals surface area (Å²) in [7, 11) is 0. The lowest BCUT2D eigenvalue weighted by molar-refractivity contribution is 1.18. The van der Waals surface area contributed by atoms with E-state index in [1.165, 1.54) is 0 Å². The molecular weight excluding hydrogens is 164 g/mol. The van der Waals surface area contributed by atoms with Crippen LogP contribution in [0.4, 0.5) is 0 Å². The van der Waals surface area contributed by atoms with E-state index in [1.807, 2.05) is 12.1 Å². The summed E-state index contributed by atoms with van der Waals surface area (Å²) in [4.78, 5) is 16.6. The van der Waals surface area contributed by atoms with Crippen LogP contribution in [-0.2, 0) is 0 Å². The van der Waals surface area contributed by atoms with Crippen molar-refractivity contribution in [1.82, 2.24) is 15.0 Å². The number of aliphatic imine (C=N–C) groups is 1. The summed E-state index contributed by atoms with van der Waals surface area (Å²) in [5.41, 5.74) is 3.64. The number of hydrogen-bond acceptors (Lipinski definition) is 4. The van der Waals surface area contributed by atoms with E-state index in [1.54, 1.807) is 12.5 Å². The van der Waals surface area contributed by atoms with E-state index in [9.17, 15) is 0 Å². The van der Waals surface area contributed by atoms with Gasteiger partial charge in [-0.05, 0) is 12.1 Å². The summed E-state index contributed by atoms with van der Waals surface area (Å²) < 4.78 is 0. The first-order valence-corrected chi connectivity index (χ1v) is 4.04. The van der Waals surface area contributed by atoms with E-state index in [-0.39, 0.29) is 0 Å². The standard InChI is InChI=1S/C9H6N4/c1-2-6-8(10-3-1)9(7-4-11-7)13-5-12-6/h1-3,5H,4H2. The fraction of sp³-hybridized carbons (Fsp3) is 0.111. The first kappa shape index (κ1) is 6.65. The molecule has 4 nitrogen and oxygen atoms in total. The van der Waals surface area contributed by atoms with Gasteiger partial charge in [0, 0.05) is 6.20 Å². The molecule has 0 N–H and O–H groups in total. The SMILES string of the molecule is c1cnc2c(C3=NC3)ncnc2c1. The van der Waals surface area contributed by atoms with Gasteiger partial charge in [-0.3, -0.25) is 9.98 Å². The van der Waals surface area contributed by atoms with Gasteiger partial charge in [0.2, 0.25) is 0 Å². The smallest absolute Gasteiger partial charge is 0.116 e. The van der Waals surface area contributed by atoms with Gasteiger partial charge in [-0.2, -0.15) is 0 Å². The maximum absolute atomic E-state index is 4.24. The van der Waals surface area contributed by atoms with Crippen LogP contribution < -0.4 is 0 Å². The van der Waals surface area contributed by atoms with Crippen LogP contribution >= 0.6 is 0 Å². The second kappa shape index (κ2) is 2.32. The first-order valence-electron chi connectivity index (χ1n) is 4.04. The van der Waals surface area contributed by atoms with Gasteiger partial charge in [-0.1, -0.05) is 0 Å². The Morgan fingerprint density at radius 3 is 2.92 bits per heavy atom. The van der Waals surface area contributed by atoms with Crippen molar-refractivity contribution in [3.63, 3.8) is 0 Å². The van der Waals surface area contributed by atoms with Crippen LogP contribution in [0.1, 0.15) is 5.69 Å². The van der Waals surface area contributed by atoms with E-state index < -0.39 is 0 Å². The number of fused-ring (bicyclic) bond motifs is 1. The molecule has 3 rings (SSSR count). The molecule has 1 aliphatic heterocycles. The molecule has 2 aromatic heterocycles. The van der Waals surface area contributed by atoms with Gasteiger partial charge in [0.15, 0.2) is 0 Å². The molecule has 0 radical (unpaired) electrons. The van der Waals surface area contributed by atoms with Crippen molar-refractivity contribution < 1.29 is 0 Å². The minimum atomic E-state index is 0.794. The highest BCUT2D eigenvalue weighted by Gasteiger charge is 2.17. The van der Waals surface area contributed by atoms with Gasteiger partial charge >= 0.3 is 0 Å². The molecular formula is C9H6N4. The molecule has 13 heavy (non-hydrogen) atoms. The minimum Gasteiger partial charge on any atom is -0.279 e. The molecule has 62 valence electrons. The Bertz CT molecular complexity index is 498. The zero-order chi connectivity index (χ0) is 8.67. The van der Waals surface area contributed by atoms with Crippen molar-refractivity contribution in [2.75, 3.05) is 6.54 Å². The molecule has 2 aromatic rings. The summed E-state index contributed by atoms with van der Waals surface area (Å²) in [5.74, 6) is 0. The third-order valence-electron chi connectivity index (χ3n) is 1.98. The Balaban J connectivity index is 2.39. The van der Waals surface area contributed by atoms with Crippen molar-refractivity contribution >= 4 is 16.7 Å². The molecule has 0 atom stereocenters. The van der Waals surface area contributed by atoms with Crippen LogP contribution in [0, 0.1) is 0 Å². The molecule has 0 unspecified atom stereocenters. The van der Waals surface area contributed by atoms with Crippen LogP contribution in [0.25, 0.3) is 11.0 Å². The normalized spacial score (nSPS) is 14.3. The lowest BCUT2D eigenvalue weighted by Crippen LogP contribution is -1.97. The quantitative estimate of drug-likeness (QED) is 0.636.